The summed E-state index contributed by atoms with van der Waals surface area (Å²) >= 11 is 0. The highest BCUT2D eigenvalue weighted by atomic mass is 16.2. The van der Waals surface area contributed by atoms with E-state index in [1.807, 2.05) is 0 Å². The molecule has 1 rings (SSSR count). The van der Waals surface area contributed by atoms with Crippen molar-refractivity contribution in [2.45, 2.75) is 64.5 Å². The molecule has 0 spiro atoms. The molecule has 1 unspecified atom stereocenters. The molecule has 3 nitrogen and oxygen atoms in total. The fraction of sp³-hybridized carbons (Fsp3) is 0.917. The fourth-order valence-electron chi connectivity index (χ4n) is 1.58. The molecule has 0 aliphatic heterocycles. The van der Waals surface area contributed by atoms with E-state index in [0.717, 1.165) is 12.8 Å². The Morgan fingerprint density at radius 1 is 1.40 bits per heavy atom. The maximum Gasteiger partial charge on any atom is 0.234 e. The molecule has 1 fully saturated rings. The van der Waals surface area contributed by atoms with Crippen LogP contribution in [0.1, 0.15) is 52.4 Å². The summed E-state index contributed by atoms with van der Waals surface area (Å²) in [5.41, 5.74) is 0. The van der Waals surface area contributed by atoms with Crippen LogP contribution in [-0.4, -0.2) is 24.5 Å². The molecular weight excluding hydrogens is 188 g/mol. The number of hydrogen-bond donors (Lipinski definition) is 2. The van der Waals surface area contributed by atoms with Crippen molar-refractivity contribution in [2.24, 2.45) is 0 Å². The monoisotopic (exact) mass is 212 g/mol. The van der Waals surface area contributed by atoms with Gasteiger partial charge in [0.05, 0.1) is 6.54 Å². The molecule has 2 N–H and O–H groups in total. The van der Waals surface area contributed by atoms with Gasteiger partial charge in [0.25, 0.3) is 0 Å². The minimum Gasteiger partial charge on any atom is -0.352 e. The predicted octanol–water partition coefficient (Wildman–Crippen LogP) is 1.82. The quantitative estimate of drug-likeness (QED) is 0.603. The van der Waals surface area contributed by atoms with Gasteiger partial charge in [-0.25, -0.2) is 0 Å². The molecule has 0 bridgehead atoms. The van der Waals surface area contributed by atoms with E-state index in [9.17, 15) is 4.79 Å². The highest BCUT2D eigenvalue weighted by Gasteiger charge is 2.22. The maximum absolute atomic E-state index is 11.4. The molecule has 0 aromatic rings. The van der Waals surface area contributed by atoms with Gasteiger partial charge in [-0.2, -0.15) is 0 Å². The SMILES string of the molecule is CCCCCC(C)NCC(=O)NC1CC1. The Hall–Kier alpha value is -0.570. The van der Waals surface area contributed by atoms with Gasteiger partial charge in [-0.3, -0.25) is 4.79 Å². The van der Waals surface area contributed by atoms with E-state index in [1.54, 1.807) is 0 Å². The third kappa shape index (κ3) is 6.50. The van der Waals surface area contributed by atoms with Crippen LogP contribution in [0.15, 0.2) is 0 Å². The Bertz CT molecular complexity index is 190. The van der Waals surface area contributed by atoms with Crippen molar-refractivity contribution < 1.29 is 4.79 Å². The summed E-state index contributed by atoms with van der Waals surface area (Å²) < 4.78 is 0. The van der Waals surface area contributed by atoms with Crippen molar-refractivity contribution in [1.82, 2.24) is 10.6 Å². The molecule has 3 heteroatoms. The molecule has 88 valence electrons. The number of carbonyl (C=O) groups excluding carboxylic acids is 1. The first-order chi connectivity index (χ1) is 7.22. The summed E-state index contributed by atoms with van der Waals surface area (Å²) in [6, 6.07) is 0.941. The lowest BCUT2D eigenvalue weighted by molar-refractivity contribution is -0.120. The van der Waals surface area contributed by atoms with Crippen molar-refractivity contribution in [1.29, 1.82) is 0 Å². The summed E-state index contributed by atoms with van der Waals surface area (Å²) in [6.45, 7) is 4.84. The Kier molecular flexibility index (Phi) is 5.69. The van der Waals surface area contributed by atoms with Crippen LogP contribution in [-0.2, 0) is 4.79 Å². The van der Waals surface area contributed by atoms with Crippen molar-refractivity contribution in [3.05, 3.63) is 0 Å². The van der Waals surface area contributed by atoms with Gasteiger partial charge in [-0.05, 0) is 26.2 Å². The molecule has 0 aromatic heterocycles. The van der Waals surface area contributed by atoms with E-state index < -0.39 is 0 Å². The average Bonchev–Trinajstić information content (AvgIpc) is 2.99. The maximum atomic E-state index is 11.4. The Balaban J connectivity index is 1.94. The number of amides is 1. The lowest BCUT2D eigenvalue weighted by atomic mass is 10.1. The lowest BCUT2D eigenvalue weighted by Gasteiger charge is -2.13. The van der Waals surface area contributed by atoms with Crippen LogP contribution in [0.4, 0.5) is 0 Å². The first kappa shape index (κ1) is 12.5. The standard InChI is InChI=1S/C12H24N2O/c1-3-4-5-6-10(2)13-9-12(15)14-11-7-8-11/h10-11,13H,3-9H2,1-2H3,(H,14,15). The largest absolute Gasteiger partial charge is 0.352 e. The van der Waals surface area contributed by atoms with Gasteiger partial charge in [0.15, 0.2) is 0 Å². The highest BCUT2D eigenvalue weighted by molar-refractivity contribution is 5.78. The topological polar surface area (TPSA) is 41.1 Å². The number of carbonyl (C=O) groups is 1. The van der Waals surface area contributed by atoms with E-state index in [1.165, 1.54) is 25.7 Å². The predicted molar refractivity (Wildman–Crippen MR) is 62.8 cm³/mol. The number of rotatable bonds is 8. The van der Waals surface area contributed by atoms with Crippen LogP contribution in [0.5, 0.6) is 0 Å². The molecule has 1 atom stereocenters. The van der Waals surface area contributed by atoms with Gasteiger partial charge in [0.2, 0.25) is 5.91 Å². The zero-order valence-electron chi connectivity index (χ0n) is 10.0. The first-order valence-electron chi connectivity index (χ1n) is 6.25. The Morgan fingerprint density at radius 2 is 2.13 bits per heavy atom. The second-order valence-corrected chi connectivity index (χ2v) is 4.62. The molecule has 0 radical (unpaired) electrons. The molecule has 1 aliphatic rings. The number of nitrogens with one attached hydrogen (secondary N) is 2. The summed E-state index contributed by atoms with van der Waals surface area (Å²) in [5, 5.41) is 6.24. The molecule has 0 saturated heterocycles. The Morgan fingerprint density at radius 3 is 2.73 bits per heavy atom. The van der Waals surface area contributed by atoms with Crippen LogP contribution in [0.25, 0.3) is 0 Å². The first-order valence-corrected chi connectivity index (χ1v) is 6.25. The zero-order chi connectivity index (χ0) is 11.1. The van der Waals surface area contributed by atoms with Crippen molar-refractivity contribution >= 4 is 5.91 Å². The van der Waals surface area contributed by atoms with E-state index in [4.69, 9.17) is 0 Å². The van der Waals surface area contributed by atoms with Crippen LogP contribution < -0.4 is 10.6 Å². The molecule has 0 heterocycles. The second kappa shape index (κ2) is 6.83. The molecule has 15 heavy (non-hydrogen) atoms. The van der Waals surface area contributed by atoms with E-state index >= 15 is 0 Å². The normalized spacial score (nSPS) is 17.5. The van der Waals surface area contributed by atoms with Crippen LogP contribution in [0, 0.1) is 0 Å². The molecule has 1 saturated carbocycles. The van der Waals surface area contributed by atoms with E-state index in [-0.39, 0.29) is 5.91 Å². The lowest BCUT2D eigenvalue weighted by Crippen LogP contribution is -2.38. The number of hydrogen-bond acceptors (Lipinski definition) is 2. The molecule has 0 aromatic carbocycles. The van der Waals surface area contributed by atoms with Crippen LogP contribution in [0.3, 0.4) is 0 Å². The average molecular weight is 212 g/mol. The van der Waals surface area contributed by atoms with Crippen LogP contribution >= 0.6 is 0 Å². The van der Waals surface area contributed by atoms with Gasteiger partial charge in [-0.1, -0.05) is 26.2 Å². The smallest absolute Gasteiger partial charge is 0.234 e. The highest BCUT2D eigenvalue weighted by Crippen LogP contribution is 2.18. The van der Waals surface area contributed by atoms with Crippen molar-refractivity contribution in [2.75, 3.05) is 6.54 Å². The van der Waals surface area contributed by atoms with Gasteiger partial charge >= 0.3 is 0 Å². The molecule has 1 amide bonds. The van der Waals surface area contributed by atoms with Crippen molar-refractivity contribution in [3.8, 4) is 0 Å². The van der Waals surface area contributed by atoms with E-state index in [2.05, 4.69) is 24.5 Å². The third-order valence-corrected chi connectivity index (χ3v) is 2.79. The zero-order valence-corrected chi connectivity index (χ0v) is 10.0. The van der Waals surface area contributed by atoms with E-state index in [0.29, 0.717) is 18.6 Å². The summed E-state index contributed by atoms with van der Waals surface area (Å²) in [5.74, 6) is 0.153. The Labute approximate surface area is 93.0 Å². The minimum atomic E-state index is 0.153. The molecule has 1 aliphatic carbocycles. The van der Waals surface area contributed by atoms with Gasteiger partial charge in [0.1, 0.15) is 0 Å². The minimum absolute atomic E-state index is 0.153. The summed E-state index contributed by atoms with van der Waals surface area (Å²) in [7, 11) is 0. The number of unbranched alkanes of at least 4 members (excludes halogenated alkanes) is 2. The van der Waals surface area contributed by atoms with Gasteiger partial charge in [0, 0.05) is 12.1 Å². The second-order valence-electron chi connectivity index (χ2n) is 4.62. The van der Waals surface area contributed by atoms with Gasteiger partial charge in [-0.15, -0.1) is 0 Å². The summed E-state index contributed by atoms with van der Waals surface area (Å²) in [6.07, 6.45) is 7.31. The van der Waals surface area contributed by atoms with Gasteiger partial charge < -0.3 is 10.6 Å². The third-order valence-electron chi connectivity index (χ3n) is 2.79. The summed E-state index contributed by atoms with van der Waals surface area (Å²) in [4.78, 5) is 11.4. The van der Waals surface area contributed by atoms with Crippen molar-refractivity contribution in [3.63, 3.8) is 0 Å². The fourth-order valence-corrected chi connectivity index (χ4v) is 1.58. The molecular formula is C12H24N2O. The van der Waals surface area contributed by atoms with Crippen LogP contribution in [0.2, 0.25) is 0 Å².